The minimum atomic E-state index is 0.480. The van der Waals surface area contributed by atoms with Gasteiger partial charge in [-0.1, -0.05) is 12.1 Å². The van der Waals surface area contributed by atoms with Crippen LogP contribution < -0.4 is 15.4 Å². The quantitative estimate of drug-likeness (QED) is 0.271. The smallest absolute Gasteiger partial charge is 0.204 e. The number of benzene rings is 1. The maximum atomic E-state index is 8.44. The molecule has 0 fully saturated rings. The number of hydrogen-bond acceptors (Lipinski definition) is 3. The highest BCUT2D eigenvalue weighted by molar-refractivity contribution is 5.80. The van der Waals surface area contributed by atoms with Crippen molar-refractivity contribution < 1.29 is 4.74 Å². The van der Waals surface area contributed by atoms with E-state index in [1.165, 1.54) is 5.56 Å². The normalized spacial score (nSPS) is 10.6. The number of nitriles is 1. The van der Waals surface area contributed by atoms with Crippen LogP contribution in [0.5, 0.6) is 5.75 Å². The highest BCUT2D eigenvalue weighted by Crippen LogP contribution is 2.12. The van der Waals surface area contributed by atoms with Crippen molar-refractivity contribution >= 4 is 5.96 Å². The van der Waals surface area contributed by atoms with Crippen molar-refractivity contribution in [2.45, 2.75) is 13.3 Å². The summed E-state index contributed by atoms with van der Waals surface area (Å²) in [4.78, 5) is 3.88. The average molecular weight is 246 g/mol. The molecule has 0 aliphatic carbocycles. The summed E-state index contributed by atoms with van der Waals surface area (Å²) in [5, 5.41) is 13.9. The lowest BCUT2D eigenvalue weighted by Crippen LogP contribution is -2.35. The lowest BCUT2D eigenvalue weighted by Gasteiger charge is -2.08. The Bertz CT molecular complexity index is 437. The minimum Gasteiger partial charge on any atom is -0.494 e. The monoisotopic (exact) mass is 246 g/mol. The van der Waals surface area contributed by atoms with Crippen LogP contribution in [0.1, 0.15) is 12.0 Å². The summed E-state index contributed by atoms with van der Waals surface area (Å²) < 4.78 is 5.60. The van der Waals surface area contributed by atoms with Gasteiger partial charge in [0.15, 0.2) is 6.19 Å². The summed E-state index contributed by atoms with van der Waals surface area (Å²) in [7, 11) is 1.62. The lowest BCUT2D eigenvalue weighted by molar-refractivity contribution is 0.311. The predicted molar refractivity (Wildman–Crippen MR) is 71.4 cm³/mol. The van der Waals surface area contributed by atoms with Crippen molar-refractivity contribution in [2.24, 2.45) is 4.99 Å². The van der Waals surface area contributed by atoms with Crippen LogP contribution in [0.15, 0.2) is 29.3 Å². The maximum Gasteiger partial charge on any atom is 0.204 e. The molecule has 1 rings (SSSR count). The summed E-state index contributed by atoms with van der Waals surface area (Å²) in [5.41, 5.74) is 1.18. The fourth-order valence-electron chi connectivity index (χ4n) is 1.41. The number of aryl methyl sites for hydroxylation is 1. The van der Waals surface area contributed by atoms with E-state index in [0.29, 0.717) is 19.1 Å². The zero-order chi connectivity index (χ0) is 13.2. The largest absolute Gasteiger partial charge is 0.494 e. The Kier molecular flexibility index (Phi) is 6.12. The van der Waals surface area contributed by atoms with E-state index in [2.05, 4.69) is 15.6 Å². The van der Waals surface area contributed by atoms with Gasteiger partial charge in [0, 0.05) is 13.6 Å². The van der Waals surface area contributed by atoms with Gasteiger partial charge < -0.3 is 10.1 Å². The number of aliphatic imine (C=N–C) groups is 1. The molecule has 0 atom stereocenters. The third-order valence-electron chi connectivity index (χ3n) is 2.27. The second-order valence-electron chi connectivity index (χ2n) is 3.75. The van der Waals surface area contributed by atoms with Gasteiger partial charge in [-0.25, -0.2) is 0 Å². The van der Waals surface area contributed by atoms with Crippen LogP contribution in [0.2, 0.25) is 0 Å². The second kappa shape index (κ2) is 7.96. The Morgan fingerprint density at radius 1 is 1.50 bits per heavy atom. The van der Waals surface area contributed by atoms with Crippen molar-refractivity contribution in [3.63, 3.8) is 0 Å². The van der Waals surface area contributed by atoms with Crippen LogP contribution in [0.25, 0.3) is 0 Å². The fraction of sp³-hybridized carbons (Fsp3) is 0.385. The number of guanidine groups is 1. The van der Waals surface area contributed by atoms with Gasteiger partial charge >= 0.3 is 0 Å². The van der Waals surface area contributed by atoms with Gasteiger partial charge in [0.25, 0.3) is 0 Å². The summed E-state index contributed by atoms with van der Waals surface area (Å²) in [5.74, 6) is 1.36. The van der Waals surface area contributed by atoms with Crippen LogP contribution in [-0.2, 0) is 0 Å². The Morgan fingerprint density at radius 3 is 3.00 bits per heavy atom. The molecule has 2 N–H and O–H groups in total. The van der Waals surface area contributed by atoms with Crippen LogP contribution in [0.4, 0.5) is 0 Å². The highest BCUT2D eigenvalue weighted by Gasteiger charge is 1.96. The van der Waals surface area contributed by atoms with Crippen molar-refractivity contribution in [1.82, 2.24) is 10.6 Å². The standard InChI is InChI=1S/C13H18N4O/c1-11-5-3-6-12(9-11)18-8-4-7-16-13(15-2)17-10-14/h3,5-6,9H,4,7-8H2,1-2H3,(H2,15,16,17). The average Bonchev–Trinajstić information content (AvgIpc) is 2.37. The summed E-state index contributed by atoms with van der Waals surface area (Å²) in [6, 6.07) is 7.95. The topological polar surface area (TPSA) is 69.4 Å². The van der Waals surface area contributed by atoms with Crippen molar-refractivity contribution in [3.05, 3.63) is 29.8 Å². The Labute approximate surface area is 107 Å². The van der Waals surface area contributed by atoms with Gasteiger partial charge in [0.1, 0.15) is 5.75 Å². The van der Waals surface area contributed by atoms with Crippen molar-refractivity contribution in [3.8, 4) is 11.9 Å². The van der Waals surface area contributed by atoms with E-state index < -0.39 is 0 Å². The van der Waals surface area contributed by atoms with Crippen LogP contribution >= 0.6 is 0 Å². The zero-order valence-electron chi connectivity index (χ0n) is 10.7. The molecule has 0 bridgehead atoms. The van der Waals surface area contributed by atoms with Gasteiger partial charge in [-0.3, -0.25) is 10.3 Å². The van der Waals surface area contributed by atoms with Gasteiger partial charge in [-0.15, -0.1) is 0 Å². The van der Waals surface area contributed by atoms with Gasteiger partial charge in [-0.2, -0.15) is 5.26 Å². The SMILES string of the molecule is CN=C(NC#N)NCCCOc1cccc(C)c1. The van der Waals surface area contributed by atoms with Crippen LogP contribution in [-0.4, -0.2) is 26.2 Å². The maximum absolute atomic E-state index is 8.44. The number of hydrogen-bond donors (Lipinski definition) is 2. The molecule has 1 aromatic carbocycles. The van der Waals surface area contributed by atoms with Crippen molar-refractivity contribution in [2.75, 3.05) is 20.2 Å². The molecule has 18 heavy (non-hydrogen) atoms. The Balaban J connectivity index is 2.18. The molecule has 0 aliphatic heterocycles. The highest BCUT2D eigenvalue weighted by atomic mass is 16.5. The third-order valence-corrected chi connectivity index (χ3v) is 2.27. The molecule has 0 heterocycles. The molecule has 96 valence electrons. The van der Waals surface area contributed by atoms with E-state index in [9.17, 15) is 0 Å². The van der Waals surface area contributed by atoms with E-state index in [4.69, 9.17) is 10.00 Å². The summed E-state index contributed by atoms with van der Waals surface area (Å²) in [6.07, 6.45) is 2.65. The summed E-state index contributed by atoms with van der Waals surface area (Å²) >= 11 is 0. The molecule has 5 nitrogen and oxygen atoms in total. The first-order chi connectivity index (χ1) is 8.76. The van der Waals surface area contributed by atoms with E-state index in [0.717, 1.165) is 12.2 Å². The first-order valence-electron chi connectivity index (χ1n) is 5.81. The van der Waals surface area contributed by atoms with Crippen LogP contribution in [0, 0.1) is 18.4 Å². The Hall–Kier alpha value is -2.22. The van der Waals surface area contributed by atoms with E-state index in [1.807, 2.05) is 37.4 Å². The second-order valence-corrected chi connectivity index (χ2v) is 3.75. The van der Waals surface area contributed by atoms with E-state index in [1.54, 1.807) is 7.05 Å². The van der Waals surface area contributed by atoms with Gasteiger partial charge in [0.05, 0.1) is 6.61 Å². The molecule has 0 aromatic heterocycles. The molecule has 5 heteroatoms. The molecule has 0 spiro atoms. The molecule has 0 unspecified atom stereocenters. The Morgan fingerprint density at radius 2 is 2.33 bits per heavy atom. The first-order valence-corrected chi connectivity index (χ1v) is 5.81. The van der Waals surface area contributed by atoms with Gasteiger partial charge in [0.2, 0.25) is 5.96 Å². The minimum absolute atomic E-state index is 0.480. The van der Waals surface area contributed by atoms with Gasteiger partial charge in [-0.05, 0) is 31.0 Å². The van der Waals surface area contributed by atoms with Crippen LogP contribution in [0.3, 0.4) is 0 Å². The fourth-order valence-corrected chi connectivity index (χ4v) is 1.41. The van der Waals surface area contributed by atoms with E-state index in [-0.39, 0.29) is 0 Å². The number of nitrogens with one attached hydrogen (secondary N) is 2. The lowest BCUT2D eigenvalue weighted by atomic mass is 10.2. The van der Waals surface area contributed by atoms with Crippen molar-refractivity contribution in [1.29, 1.82) is 5.26 Å². The number of ether oxygens (including phenoxy) is 1. The number of rotatable bonds is 5. The molecule has 0 saturated carbocycles. The third kappa shape index (κ3) is 5.21. The van der Waals surface area contributed by atoms with E-state index >= 15 is 0 Å². The predicted octanol–water partition coefficient (Wildman–Crippen LogP) is 1.41. The summed E-state index contributed by atoms with van der Waals surface area (Å²) in [6.45, 7) is 3.36. The zero-order valence-corrected chi connectivity index (χ0v) is 10.7. The first kappa shape index (κ1) is 13.8. The molecule has 0 radical (unpaired) electrons. The molecular weight excluding hydrogens is 228 g/mol. The molecule has 0 saturated heterocycles. The molecule has 0 aliphatic rings. The number of nitrogens with zero attached hydrogens (tertiary/aromatic N) is 2. The molecule has 0 amide bonds. The molecular formula is C13H18N4O. The molecule has 1 aromatic rings.